The van der Waals surface area contributed by atoms with E-state index in [0.29, 0.717) is 17.6 Å². The molecular weight excluding hydrogens is 542 g/mol. The average Bonchev–Trinajstić information content (AvgIpc) is 3.62. The quantitative estimate of drug-likeness (QED) is 0.215. The van der Waals surface area contributed by atoms with Gasteiger partial charge in [0.25, 0.3) is 0 Å². The van der Waals surface area contributed by atoms with E-state index in [0.717, 1.165) is 60.4 Å². The summed E-state index contributed by atoms with van der Waals surface area (Å²) in [6, 6.07) is 43.3. The van der Waals surface area contributed by atoms with Crippen LogP contribution < -0.4 is 0 Å². The molecular formula is C37H23N7. The molecule has 5 aromatic carbocycles. The van der Waals surface area contributed by atoms with Crippen LogP contribution in [0.3, 0.4) is 0 Å². The molecule has 0 aliphatic heterocycles. The molecule has 0 bridgehead atoms. The zero-order valence-electron chi connectivity index (χ0n) is 23.4. The summed E-state index contributed by atoms with van der Waals surface area (Å²) in [6.45, 7) is 0. The molecule has 0 aliphatic carbocycles. The molecule has 0 saturated heterocycles. The number of nitrogens with zero attached hydrogens (tertiary/aromatic N) is 7. The highest BCUT2D eigenvalue weighted by atomic mass is 15.2. The molecule has 7 heteroatoms. The van der Waals surface area contributed by atoms with E-state index in [-0.39, 0.29) is 0 Å². The van der Waals surface area contributed by atoms with Crippen molar-refractivity contribution in [3.63, 3.8) is 0 Å². The summed E-state index contributed by atoms with van der Waals surface area (Å²) in [7, 11) is 0. The minimum atomic E-state index is 0.555. The second kappa shape index (κ2) is 9.68. The third-order valence-corrected chi connectivity index (χ3v) is 8.18. The van der Waals surface area contributed by atoms with Crippen LogP contribution in [0.15, 0.2) is 140 Å². The minimum Gasteiger partial charge on any atom is -0.307 e. The summed E-state index contributed by atoms with van der Waals surface area (Å²) in [6.07, 6.45) is 3.70. The van der Waals surface area contributed by atoms with Gasteiger partial charge in [-0.1, -0.05) is 103 Å². The molecule has 0 saturated carbocycles. The smallest absolute Gasteiger partial charge is 0.238 e. The maximum absolute atomic E-state index is 5.13. The molecule has 7 nitrogen and oxygen atoms in total. The van der Waals surface area contributed by atoms with Crippen molar-refractivity contribution in [1.82, 2.24) is 34.3 Å². The van der Waals surface area contributed by atoms with Crippen LogP contribution in [0, 0.1) is 0 Å². The molecule has 44 heavy (non-hydrogen) atoms. The van der Waals surface area contributed by atoms with Crippen molar-refractivity contribution in [2.24, 2.45) is 0 Å². The van der Waals surface area contributed by atoms with Crippen molar-refractivity contribution in [2.45, 2.75) is 0 Å². The van der Waals surface area contributed by atoms with Crippen molar-refractivity contribution in [1.29, 1.82) is 0 Å². The van der Waals surface area contributed by atoms with E-state index in [1.807, 2.05) is 79.1 Å². The van der Waals surface area contributed by atoms with E-state index < -0.39 is 0 Å². The average molecular weight is 566 g/mol. The lowest BCUT2D eigenvalue weighted by Gasteiger charge is -2.11. The third-order valence-electron chi connectivity index (χ3n) is 8.18. The molecule has 9 aromatic rings. The second-order valence-electron chi connectivity index (χ2n) is 10.7. The Labute approximate surface area is 251 Å². The summed E-state index contributed by atoms with van der Waals surface area (Å²) < 4.78 is 4.43. The van der Waals surface area contributed by atoms with E-state index in [9.17, 15) is 0 Å². The first-order chi connectivity index (χ1) is 21.8. The Morgan fingerprint density at radius 1 is 0.409 bits per heavy atom. The summed E-state index contributed by atoms with van der Waals surface area (Å²) in [5.74, 6) is 1.79. The standard InChI is InChI=1S/C37H23N7/c1-4-12-24(13-5-1)35-40-36(25-14-6-2-7-15-25)42-37(41-35)44-30-19-11-10-18-27(30)28-20-21-31-33(34(28)44)29-22-38-39-23-32(29)43(31)26-16-8-3-9-17-26/h1-23H. The van der Waals surface area contributed by atoms with Gasteiger partial charge in [0.15, 0.2) is 11.6 Å². The van der Waals surface area contributed by atoms with Crippen molar-refractivity contribution in [3.05, 3.63) is 140 Å². The molecule has 0 fully saturated rings. The van der Waals surface area contributed by atoms with E-state index in [1.54, 1.807) is 0 Å². The van der Waals surface area contributed by atoms with Crippen LogP contribution in [0.1, 0.15) is 0 Å². The summed E-state index contributed by atoms with van der Waals surface area (Å²) in [5.41, 5.74) is 6.97. The zero-order valence-corrected chi connectivity index (χ0v) is 23.4. The van der Waals surface area contributed by atoms with Gasteiger partial charge < -0.3 is 4.57 Å². The maximum Gasteiger partial charge on any atom is 0.238 e. The normalized spacial score (nSPS) is 11.6. The van der Waals surface area contributed by atoms with Crippen LogP contribution in [-0.2, 0) is 0 Å². The number of aromatic nitrogens is 7. The molecule has 0 aliphatic rings. The fraction of sp³-hybridized carbons (Fsp3) is 0. The second-order valence-corrected chi connectivity index (χ2v) is 10.7. The molecule has 0 atom stereocenters. The van der Waals surface area contributed by atoms with Gasteiger partial charge in [0.1, 0.15) is 0 Å². The van der Waals surface area contributed by atoms with Gasteiger partial charge in [-0.3, -0.25) is 4.57 Å². The Morgan fingerprint density at radius 3 is 1.73 bits per heavy atom. The fourth-order valence-electron chi connectivity index (χ4n) is 6.27. The molecule has 4 heterocycles. The van der Waals surface area contributed by atoms with E-state index >= 15 is 0 Å². The van der Waals surface area contributed by atoms with Gasteiger partial charge in [0, 0.05) is 38.4 Å². The van der Waals surface area contributed by atoms with Crippen molar-refractivity contribution in [2.75, 3.05) is 0 Å². The number of benzene rings is 5. The highest BCUT2D eigenvalue weighted by Gasteiger charge is 2.23. The predicted octanol–water partition coefficient (Wildman–Crippen LogP) is 8.19. The Bertz CT molecular complexity index is 2420. The van der Waals surface area contributed by atoms with Crippen LogP contribution in [0.4, 0.5) is 0 Å². The summed E-state index contributed by atoms with van der Waals surface area (Å²) >= 11 is 0. The monoisotopic (exact) mass is 565 g/mol. The Morgan fingerprint density at radius 2 is 1.02 bits per heavy atom. The fourth-order valence-corrected chi connectivity index (χ4v) is 6.27. The van der Waals surface area contributed by atoms with Crippen molar-refractivity contribution < 1.29 is 0 Å². The first kappa shape index (κ1) is 24.4. The lowest BCUT2D eigenvalue weighted by molar-refractivity contribution is 0.955. The maximum atomic E-state index is 5.13. The van der Waals surface area contributed by atoms with E-state index in [2.05, 4.69) is 80.0 Å². The Kier molecular flexibility index (Phi) is 5.36. The summed E-state index contributed by atoms with van der Waals surface area (Å²) in [5, 5.41) is 12.9. The Balaban J connectivity index is 1.46. The number of rotatable bonds is 4. The molecule has 206 valence electrons. The van der Waals surface area contributed by atoms with Gasteiger partial charge in [0.2, 0.25) is 5.95 Å². The lowest BCUT2D eigenvalue weighted by Crippen LogP contribution is -2.06. The van der Waals surface area contributed by atoms with E-state index in [1.165, 1.54) is 0 Å². The van der Waals surface area contributed by atoms with Crippen LogP contribution in [0.5, 0.6) is 0 Å². The first-order valence-corrected chi connectivity index (χ1v) is 14.4. The SMILES string of the molecule is c1ccc(-c2nc(-c3ccccc3)nc(-n3c4ccccc4c4ccc5c(c6cnncc6n5-c5ccccc5)c43)n2)cc1. The van der Waals surface area contributed by atoms with Gasteiger partial charge in [-0.2, -0.15) is 20.2 Å². The molecule has 0 amide bonds. The molecule has 0 radical (unpaired) electrons. The van der Waals surface area contributed by atoms with E-state index in [4.69, 9.17) is 15.0 Å². The minimum absolute atomic E-state index is 0.555. The number of para-hydroxylation sites is 2. The molecule has 0 unspecified atom stereocenters. The third kappa shape index (κ3) is 3.66. The van der Waals surface area contributed by atoms with Gasteiger partial charge in [-0.25, -0.2) is 4.98 Å². The highest BCUT2D eigenvalue weighted by molar-refractivity contribution is 6.25. The molecule has 0 N–H and O–H groups in total. The number of hydrogen-bond donors (Lipinski definition) is 0. The predicted molar refractivity (Wildman–Crippen MR) is 175 cm³/mol. The zero-order chi connectivity index (χ0) is 29.0. The van der Waals surface area contributed by atoms with Crippen LogP contribution in [0.2, 0.25) is 0 Å². The number of hydrogen-bond acceptors (Lipinski definition) is 5. The Hall–Kier alpha value is -6.21. The van der Waals surface area contributed by atoms with Gasteiger partial charge >= 0.3 is 0 Å². The first-order valence-electron chi connectivity index (χ1n) is 14.4. The van der Waals surface area contributed by atoms with Crippen LogP contribution in [-0.4, -0.2) is 34.3 Å². The van der Waals surface area contributed by atoms with Crippen molar-refractivity contribution in [3.8, 4) is 34.4 Å². The molecule has 0 spiro atoms. The van der Waals surface area contributed by atoms with Crippen LogP contribution in [0.25, 0.3) is 78.0 Å². The topological polar surface area (TPSA) is 74.3 Å². The van der Waals surface area contributed by atoms with Crippen LogP contribution >= 0.6 is 0 Å². The van der Waals surface area contributed by atoms with Crippen molar-refractivity contribution >= 4 is 43.6 Å². The largest absolute Gasteiger partial charge is 0.307 e. The summed E-state index contributed by atoms with van der Waals surface area (Å²) in [4.78, 5) is 15.2. The van der Waals surface area contributed by atoms with Gasteiger partial charge in [-0.05, 0) is 24.3 Å². The van der Waals surface area contributed by atoms with Gasteiger partial charge in [-0.15, -0.1) is 0 Å². The molecule has 4 aromatic heterocycles. The molecule has 9 rings (SSSR count). The van der Waals surface area contributed by atoms with Gasteiger partial charge in [0.05, 0.1) is 34.5 Å². The number of fused-ring (bicyclic) bond motifs is 7. The highest BCUT2D eigenvalue weighted by Crippen LogP contribution is 2.41. The lowest BCUT2D eigenvalue weighted by atomic mass is 10.1.